The number of methoxy groups -OCH3 is 1. The summed E-state index contributed by atoms with van der Waals surface area (Å²) in [5.74, 6) is 2.89. The highest BCUT2D eigenvalue weighted by atomic mass is 28.3. The second kappa shape index (κ2) is 5.02. The minimum absolute atomic E-state index is 0.336. The largest absolute Gasteiger partial charge is 0.465 e. The van der Waals surface area contributed by atoms with Gasteiger partial charge < -0.3 is 10.5 Å². The van der Waals surface area contributed by atoms with E-state index in [4.69, 9.17) is 5.73 Å². The Balaban J connectivity index is 3.14. The Kier molecular flexibility index (Phi) is 3.92. The van der Waals surface area contributed by atoms with Crippen LogP contribution in [-0.2, 0) is 4.74 Å². The fourth-order valence-corrected chi connectivity index (χ4v) is 1.57. The van der Waals surface area contributed by atoms with E-state index in [0.29, 0.717) is 16.9 Å². The van der Waals surface area contributed by atoms with Crippen molar-refractivity contribution in [2.45, 2.75) is 19.6 Å². The van der Waals surface area contributed by atoms with Gasteiger partial charge in [0.2, 0.25) is 0 Å². The first-order valence-electron chi connectivity index (χ1n) is 5.20. The van der Waals surface area contributed by atoms with Crippen LogP contribution < -0.4 is 5.73 Å². The van der Waals surface area contributed by atoms with E-state index in [0.717, 1.165) is 0 Å². The van der Waals surface area contributed by atoms with Gasteiger partial charge in [-0.05, 0) is 6.07 Å². The van der Waals surface area contributed by atoms with Gasteiger partial charge in [-0.2, -0.15) is 0 Å². The molecule has 0 aliphatic carbocycles. The summed E-state index contributed by atoms with van der Waals surface area (Å²) in [6, 6.07) is 1.61. The zero-order valence-electron chi connectivity index (χ0n) is 10.5. The van der Waals surface area contributed by atoms with E-state index in [1.807, 2.05) is 0 Å². The van der Waals surface area contributed by atoms with Gasteiger partial charge in [-0.15, -0.1) is 5.54 Å². The molecule has 0 atom stereocenters. The van der Waals surface area contributed by atoms with Gasteiger partial charge >= 0.3 is 5.97 Å². The van der Waals surface area contributed by atoms with Gasteiger partial charge in [0.25, 0.3) is 0 Å². The molecule has 90 valence electrons. The van der Waals surface area contributed by atoms with Gasteiger partial charge in [-0.1, -0.05) is 25.6 Å². The molecule has 1 rings (SSSR count). The molecule has 0 aromatic carbocycles. The van der Waals surface area contributed by atoms with E-state index in [1.54, 1.807) is 6.07 Å². The lowest BCUT2D eigenvalue weighted by Gasteiger charge is -2.05. The van der Waals surface area contributed by atoms with Crippen LogP contribution in [0.3, 0.4) is 0 Å². The maximum Gasteiger partial charge on any atom is 0.339 e. The van der Waals surface area contributed by atoms with Gasteiger partial charge in [-0.3, -0.25) is 0 Å². The van der Waals surface area contributed by atoms with Crippen LogP contribution in [0.5, 0.6) is 0 Å². The third-order valence-electron chi connectivity index (χ3n) is 1.91. The maximum absolute atomic E-state index is 11.3. The number of pyridine rings is 1. The standard InChI is InChI=1S/C12H16N2O2Si/c1-16-12(15)10-7-9(11(13)14-8-10)5-6-17(2,3)4/h7-8H,1-4H3,(H2,13,14). The number of nitrogen functional groups attached to an aromatic ring is 1. The normalized spacial score (nSPS) is 10.4. The van der Waals surface area contributed by atoms with Crippen molar-refractivity contribution in [2.24, 2.45) is 0 Å². The topological polar surface area (TPSA) is 65.2 Å². The number of carbonyl (C=O) groups is 1. The summed E-state index contributed by atoms with van der Waals surface area (Å²) in [4.78, 5) is 15.3. The average Bonchev–Trinajstić information content (AvgIpc) is 2.26. The predicted octanol–water partition coefficient (Wildman–Crippen LogP) is 1.68. The molecule has 1 heterocycles. The molecule has 0 aliphatic rings. The fourth-order valence-electron chi connectivity index (χ4n) is 1.06. The van der Waals surface area contributed by atoms with Crippen molar-refractivity contribution in [3.05, 3.63) is 23.4 Å². The molecule has 0 saturated carbocycles. The summed E-state index contributed by atoms with van der Waals surface area (Å²) in [5.41, 5.74) is 9.83. The maximum atomic E-state index is 11.3. The lowest BCUT2D eigenvalue weighted by atomic mass is 10.2. The smallest absolute Gasteiger partial charge is 0.339 e. The first-order chi connectivity index (χ1) is 7.83. The van der Waals surface area contributed by atoms with Crippen molar-refractivity contribution in [3.63, 3.8) is 0 Å². The van der Waals surface area contributed by atoms with E-state index in [1.165, 1.54) is 13.3 Å². The number of carbonyl (C=O) groups excluding carboxylic acids is 1. The number of hydrogen-bond donors (Lipinski definition) is 1. The molecule has 0 radical (unpaired) electrons. The number of aromatic nitrogens is 1. The van der Waals surface area contributed by atoms with Crippen molar-refractivity contribution in [1.82, 2.24) is 4.98 Å². The highest BCUT2D eigenvalue weighted by Crippen LogP contribution is 2.11. The molecule has 0 spiro atoms. The van der Waals surface area contributed by atoms with E-state index >= 15 is 0 Å². The number of nitrogens with zero attached hydrogens (tertiary/aromatic N) is 1. The molecule has 0 bridgehead atoms. The molecule has 1 aromatic heterocycles. The minimum atomic E-state index is -1.48. The number of anilines is 1. The number of ether oxygens (including phenoxy) is 1. The van der Waals surface area contributed by atoms with Crippen molar-refractivity contribution >= 4 is 19.9 Å². The molecule has 0 unspecified atom stereocenters. The van der Waals surface area contributed by atoms with Crippen LogP contribution >= 0.6 is 0 Å². The predicted molar refractivity (Wildman–Crippen MR) is 70.2 cm³/mol. The Morgan fingerprint density at radius 3 is 2.65 bits per heavy atom. The van der Waals surface area contributed by atoms with Gasteiger partial charge in [0.15, 0.2) is 0 Å². The van der Waals surface area contributed by atoms with Gasteiger partial charge in [0.05, 0.1) is 18.2 Å². The molecule has 0 saturated heterocycles. The Labute approximate surface area is 102 Å². The van der Waals surface area contributed by atoms with E-state index in [9.17, 15) is 4.79 Å². The van der Waals surface area contributed by atoms with Crippen molar-refractivity contribution in [2.75, 3.05) is 12.8 Å². The number of hydrogen-bond acceptors (Lipinski definition) is 4. The van der Waals surface area contributed by atoms with E-state index in [-0.39, 0.29) is 0 Å². The molecular formula is C12H16N2O2Si. The second-order valence-corrected chi connectivity index (χ2v) is 9.40. The second-order valence-electron chi connectivity index (χ2n) is 4.65. The molecule has 0 fully saturated rings. The lowest BCUT2D eigenvalue weighted by Crippen LogP contribution is -2.16. The third kappa shape index (κ3) is 3.92. The highest BCUT2D eigenvalue weighted by molar-refractivity contribution is 6.83. The summed E-state index contributed by atoms with van der Waals surface area (Å²) < 4.78 is 4.62. The van der Waals surface area contributed by atoms with Gasteiger partial charge in [0, 0.05) is 6.20 Å². The van der Waals surface area contributed by atoms with Crippen LogP contribution in [0.2, 0.25) is 19.6 Å². The summed E-state index contributed by atoms with van der Waals surface area (Å²) in [7, 11) is -0.151. The van der Waals surface area contributed by atoms with Crippen LogP contribution in [0.15, 0.2) is 12.3 Å². The molecule has 0 amide bonds. The van der Waals surface area contributed by atoms with Crippen LogP contribution in [0, 0.1) is 11.5 Å². The third-order valence-corrected chi connectivity index (χ3v) is 2.79. The summed E-state index contributed by atoms with van der Waals surface area (Å²) in [6.07, 6.45) is 1.39. The lowest BCUT2D eigenvalue weighted by molar-refractivity contribution is 0.0600. The Bertz CT molecular complexity index is 495. The van der Waals surface area contributed by atoms with Crippen LogP contribution in [0.25, 0.3) is 0 Å². The fraction of sp³-hybridized carbons (Fsp3) is 0.333. The van der Waals surface area contributed by atoms with E-state index in [2.05, 4.69) is 40.8 Å². The molecule has 1 aromatic rings. The SMILES string of the molecule is COC(=O)c1cnc(N)c(C#C[Si](C)(C)C)c1. The van der Waals surface area contributed by atoms with Crippen LogP contribution in [0.1, 0.15) is 15.9 Å². The summed E-state index contributed by atoms with van der Waals surface area (Å²) >= 11 is 0. The van der Waals surface area contributed by atoms with Crippen LogP contribution in [0.4, 0.5) is 5.82 Å². The molecule has 17 heavy (non-hydrogen) atoms. The van der Waals surface area contributed by atoms with Crippen molar-refractivity contribution < 1.29 is 9.53 Å². The Morgan fingerprint density at radius 1 is 1.47 bits per heavy atom. The summed E-state index contributed by atoms with van der Waals surface area (Å²) in [6.45, 7) is 6.40. The molecule has 2 N–H and O–H groups in total. The van der Waals surface area contributed by atoms with Crippen molar-refractivity contribution in [1.29, 1.82) is 0 Å². The number of rotatable bonds is 1. The first kappa shape index (κ1) is 13.3. The summed E-state index contributed by atoms with van der Waals surface area (Å²) in [5, 5.41) is 0. The van der Waals surface area contributed by atoms with Gasteiger partial charge in [-0.25, -0.2) is 9.78 Å². The van der Waals surface area contributed by atoms with E-state index < -0.39 is 14.0 Å². The Morgan fingerprint density at radius 2 is 2.12 bits per heavy atom. The van der Waals surface area contributed by atoms with Crippen molar-refractivity contribution in [3.8, 4) is 11.5 Å². The molecule has 0 aliphatic heterocycles. The first-order valence-corrected chi connectivity index (χ1v) is 8.70. The molecular weight excluding hydrogens is 232 g/mol. The minimum Gasteiger partial charge on any atom is -0.465 e. The quantitative estimate of drug-likeness (QED) is 0.466. The highest BCUT2D eigenvalue weighted by Gasteiger charge is 2.10. The average molecular weight is 248 g/mol. The monoisotopic (exact) mass is 248 g/mol. The number of esters is 1. The van der Waals surface area contributed by atoms with Crippen LogP contribution in [-0.4, -0.2) is 26.1 Å². The zero-order chi connectivity index (χ0) is 13.1. The molecule has 5 heteroatoms. The van der Waals surface area contributed by atoms with Gasteiger partial charge in [0.1, 0.15) is 13.9 Å². The molecule has 4 nitrogen and oxygen atoms in total. The number of nitrogens with two attached hydrogens (primary N) is 1. The zero-order valence-corrected chi connectivity index (χ0v) is 11.5. The Hall–Kier alpha value is -1.80.